The number of hydrogen-bond donors (Lipinski definition) is 1. The van der Waals surface area contributed by atoms with Gasteiger partial charge in [0, 0.05) is 22.4 Å². The minimum absolute atomic E-state index is 0.250. The normalized spacial score (nSPS) is 18.0. The molecule has 0 aromatic heterocycles. The molecule has 2 aromatic rings. The van der Waals surface area contributed by atoms with E-state index in [4.69, 9.17) is 11.6 Å². The minimum atomic E-state index is -0.622. The van der Waals surface area contributed by atoms with Gasteiger partial charge in [-0.15, -0.1) is 0 Å². The van der Waals surface area contributed by atoms with E-state index in [1.807, 2.05) is 30.3 Å². The minimum Gasteiger partial charge on any atom is -0.392 e. The molecule has 1 nitrogen and oxygen atoms in total. The second kappa shape index (κ2) is 5.78. The second-order valence-electron chi connectivity index (χ2n) is 5.80. The van der Waals surface area contributed by atoms with Crippen LogP contribution in [0.25, 0.3) is 0 Å². The van der Waals surface area contributed by atoms with Gasteiger partial charge in [-0.25, -0.2) is 4.39 Å². The van der Waals surface area contributed by atoms with Crippen LogP contribution in [0.2, 0.25) is 5.02 Å². The van der Waals surface area contributed by atoms with E-state index in [0.717, 1.165) is 24.8 Å². The average molecular weight is 305 g/mol. The lowest BCUT2D eigenvalue weighted by molar-refractivity contribution is 0.0280. The van der Waals surface area contributed by atoms with Crippen molar-refractivity contribution in [2.75, 3.05) is 0 Å². The lowest BCUT2D eigenvalue weighted by Gasteiger charge is -2.46. The van der Waals surface area contributed by atoms with Gasteiger partial charge >= 0.3 is 0 Å². The Morgan fingerprint density at radius 1 is 1.10 bits per heavy atom. The fourth-order valence-electron chi connectivity index (χ4n) is 3.26. The summed E-state index contributed by atoms with van der Waals surface area (Å²) >= 11 is 6.08. The third-order valence-electron chi connectivity index (χ3n) is 4.69. The van der Waals surface area contributed by atoms with Gasteiger partial charge in [0.1, 0.15) is 5.82 Å². The monoisotopic (exact) mass is 304 g/mol. The molecule has 1 saturated carbocycles. The second-order valence-corrected chi connectivity index (χ2v) is 6.20. The van der Waals surface area contributed by atoms with Crippen LogP contribution in [0, 0.1) is 5.82 Å². The van der Waals surface area contributed by atoms with Crippen LogP contribution in [0.3, 0.4) is 0 Å². The van der Waals surface area contributed by atoms with Crippen molar-refractivity contribution in [3.8, 4) is 0 Å². The zero-order valence-corrected chi connectivity index (χ0v) is 12.5. The van der Waals surface area contributed by atoms with Gasteiger partial charge in [-0.05, 0) is 30.5 Å². The lowest BCUT2D eigenvalue weighted by atomic mass is 9.60. The molecule has 110 valence electrons. The Morgan fingerprint density at radius 3 is 2.38 bits per heavy atom. The van der Waals surface area contributed by atoms with Crippen molar-refractivity contribution in [2.45, 2.75) is 37.2 Å². The topological polar surface area (TPSA) is 20.2 Å². The molecule has 1 fully saturated rings. The number of aliphatic hydroxyl groups excluding tert-OH is 1. The highest BCUT2D eigenvalue weighted by atomic mass is 35.5. The van der Waals surface area contributed by atoms with E-state index in [0.29, 0.717) is 10.6 Å². The van der Waals surface area contributed by atoms with E-state index in [-0.39, 0.29) is 17.7 Å². The standard InChI is InChI=1S/C18H18ClFO/c19-15-8-4-9-16(20)14(15)12-17(21)18(10-5-11-18)13-6-2-1-3-7-13/h1-4,6-9,17,21H,5,10-12H2. The van der Waals surface area contributed by atoms with Crippen molar-refractivity contribution in [2.24, 2.45) is 0 Å². The fourth-order valence-corrected chi connectivity index (χ4v) is 3.50. The largest absolute Gasteiger partial charge is 0.392 e. The molecule has 1 aliphatic carbocycles. The van der Waals surface area contributed by atoms with Gasteiger partial charge in [0.15, 0.2) is 0 Å². The molecule has 3 rings (SSSR count). The molecule has 0 aliphatic heterocycles. The first-order valence-corrected chi connectivity index (χ1v) is 7.68. The molecular formula is C18H18ClFO. The molecule has 0 amide bonds. The Hall–Kier alpha value is -1.38. The molecule has 1 aliphatic rings. The van der Waals surface area contributed by atoms with E-state index >= 15 is 0 Å². The molecule has 1 unspecified atom stereocenters. The van der Waals surface area contributed by atoms with Crippen molar-refractivity contribution in [1.82, 2.24) is 0 Å². The highest BCUT2D eigenvalue weighted by Gasteiger charge is 2.44. The van der Waals surface area contributed by atoms with Crippen LogP contribution in [-0.2, 0) is 11.8 Å². The van der Waals surface area contributed by atoms with Crippen molar-refractivity contribution < 1.29 is 9.50 Å². The van der Waals surface area contributed by atoms with Gasteiger partial charge in [-0.2, -0.15) is 0 Å². The highest BCUT2D eigenvalue weighted by Crippen LogP contribution is 2.47. The maximum atomic E-state index is 13.9. The summed E-state index contributed by atoms with van der Waals surface area (Å²) in [5.41, 5.74) is 1.29. The molecule has 1 N–H and O–H groups in total. The number of halogens is 2. The van der Waals surface area contributed by atoms with Gasteiger partial charge < -0.3 is 5.11 Å². The average Bonchev–Trinajstić information content (AvgIpc) is 2.43. The number of aliphatic hydroxyl groups is 1. The van der Waals surface area contributed by atoms with E-state index in [9.17, 15) is 9.50 Å². The predicted octanol–water partition coefficient (Wildman–Crippen LogP) is 4.50. The van der Waals surface area contributed by atoms with Crippen molar-refractivity contribution in [1.29, 1.82) is 0 Å². The van der Waals surface area contributed by atoms with E-state index in [2.05, 4.69) is 0 Å². The molecule has 0 heterocycles. The first-order chi connectivity index (χ1) is 10.1. The Kier molecular flexibility index (Phi) is 4.01. The molecule has 0 radical (unpaired) electrons. The van der Waals surface area contributed by atoms with Gasteiger partial charge in [0.05, 0.1) is 6.10 Å². The third-order valence-corrected chi connectivity index (χ3v) is 5.05. The Labute approximate surface area is 129 Å². The summed E-state index contributed by atoms with van der Waals surface area (Å²) in [6.45, 7) is 0. The van der Waals surface area contributed by atoms with E-state index < -0.39 is 6.10 Å². The first-order valence-electron chi connectivity index (χ1n) is 7.30. The first kappa shape index (κ1) is 14.6. The van der Waals surface area contributed by atoms with E-state index in [1.54, 1.807) is 12.1 Å². The number of benzene rings is 2. The zero-order valence-electron chi connectivity index (χ0n) is 11.7. The number of hydrogen-bond acceptors (Lipinski definition) is 1. The van der Waals surface area contributed by atoms with Crippen LogP contribution >= 0.6 is 11.6 Å². The van der Waals surface area contributed by atoms with Crippen molar-refractivity contribution >= 4 is 11.6 Å². The van der Waals surface area contributed by atoms with Crippen molar-refractivity contribution in [3.63, 3.8) is 0 Å². The number of rotatable bonds is 4. The Balaban J connectivity index is 1.89. The van der Waals surface area contributed by atoms with Crippen molar-refractivity contribution in [3.05, 3.63) is 70.5 Å². The van der Waals surface area contributed by atoms with Gasteiger partial charge in [-0.1, -0.05) is 54.4 Å². The molecule has 0 spiro atoms. The summed E-state index contributed by atoms with van der Waals surface area (Å²) in [6.07, 6.45) is 2.59. The molecule has 21 heavy (non-hydrogen) atoms. The highest BCUT2D eigenvalue weighted by molar-refractivity contribution is 6.31. The summed E-state index contributed by atoms with van der Waals surface area (Å²) in [5.74, 6) is -0.343. The SMILES string of the molecule is OC(Cc1c(F)cccc1Cl)C1(c2ccccc2)CCC1. The van der Waals surface area contributed by atoms with Gasteiger partial charge in [0.2, 0.25) is 0 Å². The third kappa shape index (κ3) is 2.58. The maximum absolute atomic E-state index is 13.9. The zero-order chi connectivity index (χ0) is 14.9. The summed E-state index contributed by atoms with van der Waals surface area (Å²) in [7, 11) is 0. The molecule has 0 saturated heterocycles. The predicted molar refractivity (Wildman–Crippen MR) is 83.1 cm³/mol. The van der Waals surface area contributed by atoms with Crippen LogP contribution < -0.4 is 0 Å². The van der Waals surface area contributed by atoms with Gasteiger partial charge in [0.25, 0.3) is 0 Å². The smallest absolute Gasteiger partial charge is 0.127 e. The van der Waals surface area contributed by atoms with Gasteiger partial charge in [-0.3, -0.25) is 0 Å². The van der Waals surface area contributed by atoms with Crippen LogP contribution in [0.4, 0.5) is 4.39 Å². The summed E-state index contributed by atoms with van der Waals surface area (Å²) in [4.78, 5) is 0. The Morgan fingerprint density at radius 2 is 1.81 bits per heavy atom. The van der Waals surface area contributed by atoms with Crippen LogP contribution in [-0.4, -0.2) is 11.2 Å². The lowest BCUT2D eigenvalue weighted by Crippen LogP contribution is -2.46. The van der Waals surface area contributed by atoms with Crippen LogP contribution in [0.15, 0.2) is 48.5 Å². The Bertz CT molecular complexity index is 602. The fraction of sp³-hybridized carbons (Fsp3) is 0.333. The molecule has 0 bridgehead atoms. The summed E-state index contributed by atoms with van der Waals surface area (Å²) in [6, 6.07) is 14.7. The molecular weight excluding hydrogens is 287 g/mol. The van der Waals surface area contributed by atoms with Crippen LogP contribution in [0.5, 0.6) is 0 Å². The quantitative estimate of drug-likeness (QED) is 0.881. The summed E-state index contributed by atoms with van der Waals surface area (Å²) in [5, 5.41) is 11.1. The van der Waals surface area contributed by atoms with Crippen LogP contribution in [0.1, 0.15) is 30.4 Å². The molecule has 3 heteroatoms. The van der Waals surface area contributed by atoms with E-state index in [1.165, 1.54) is 6.07 Å². The molecule has 2 aromatic carbocycles. The maximum Gasteiger partial charge on any atom is 0.127 e. The summed E-state index contributed by atoms with van der Waals surface area (Å²) < 4.78 is 13.9. The molecule has 1 atom stereocenters.